The zero-order valence-electron chi connectivity index (χ0n) is 13.9. The molecule has 0 radical (unpaired) electrons. The molecule has 0 saturated carbocycles. The average Bonchev–Trinajstić information content (AvgIpc) is 3.03. The second-order valence-electron chi connectivity index (χ2n) is 5.93. The van der Waals surface area contributed by atoms with E-state index < -0.39 is 20.2 Å². The molecule has 5 nitrogen and oxygen atoms in total. The molecule has 136 valence electrons. The fourth-order valence-corrected chi connectivity index (χ4v) is 5.91. The van der Waals surface area contributed by atoms with Crippen molar-refractivity contribution in [3.8, 4) is 22.3 Å². The molecule has 0 aromatic carbocycles. The average molecular weight is 398 g/mol. The van der Waals surface area contributed by atoms with Crippen molar-refractivity contribution in [3.63, 3.8) is 0 Å². The molecule has 0 saturated heterocycles. The highest BCUT2D eigenvalue weighted by Crippen LogP contribution is 2.35. The van der Waals surface area contributed by atoms with Crippen LogP contribution in [0.5, 0.6) is 0 Å². The standard InChI is InChI=1S/C20H14O5S2/c21-26(22,19-13-11-15-7-3-1-5-9-17(15)19)25-27(23,24)20-14-12-16-8-4-2-6-10-18(16)20/h1-14H. The van der Waals surface area contributed by atoms with E-state index in [1.807, 2.05) is 0 Å². The minimum atomic E-state index is -4.53. The Kier molecular flexibility index (Phi) is 4.22. The van der Waals surface area contributed by atoms with Gasteiger partial charge in [0.05, 0.1) is 0 Å². The van der Waals surface area contributed by atoms with Gasteiger partial charge in [-0.3, -0.25) is 0 Å². The SMILES string of the molecule is O=S(=O)(OS(=O)(=O)c1ccc2cccccc1-2)c1ccc2cccccc1-2. The van der Waals surface area contributed by atoms with Crippen LogP contribution < -0.4 is 0 Å². The summed E-state index contributed by atoms with van der Waals surface area (Å²) in [7, 11) is -9.06. The lowest BCUT2D eigenvalue weighted by atomic mass is 10.2. The number of rotatable bonds is 4. The highest BCUT2D eigenvalue weighted by Gasteiger charge is 2.32. The summed E-state index contributed by atoms with van der Waals surface area (Å²) in [6.45, 7) is 0. The van der Waals surface area contributed by atoms with Gasteiger partial charge in [0.25, 0.3) is 0 Å². The molecule has 0 heterocycles. The highest BCUT2D eigenvalue weighted by atomic mass is 32.3. The van der Waals surface area contributed by atoms with E-state index in [0.717, 1.165) is 0 Å². The van der Waals surface area contributed by atoms with Crippen molar-refractivity contribution >= 4 is 20.2 Å². The molecule has 0 bridgehead atoms. The van der Waals surface area contributed by atoms with E-state index >= 15 is 0 Å². The summed E-state index contributed by atoms with van der Waals surface area (Å²) >= 11 is 0. The van der Waals surface area contributed by atoms with Gasteiger partial charge >= 0.3 is 20.2 Å². The topological polar surface area (TPSA) is 77.5 Å². The van der Waals surface area contributed by atoms with Crippen LogP contribution in [0.1, 0.15) is 0 Å². The predicted molar refractivity (Wildman–Crippen MR) is 102 cm³/mol. The Morgan fingerprint density at radius 3 is 1.33 bits per heavy atom. The maximum atomic E-state index is 12.7. The van der Waals surface area contributed by atoms with Crippen molar-refractivity contribution in [1.29, 1.82) is 0 Å². The van der Waals surface area contributed by atoms with Crippen molar-refractivity contribution < 1.29 is 20.5 Å². The molecule has 27 heavy (non-hydrogen) atoms. The first-order valence-corrected chi connectivity index (χ1v) is 10.9. The van der Waals surface area contributed by atoms with E-state index in [4.69, 9.17) is 3.63 Å². The molecule has 4 aliphatic rings. The second kappa shape index (κ2) is 6.45. The molecular weight excluding hydrogens is 384 g/mol. The summed E-state index contributed by atoms with van der Waals surface area (Å²) < 4.78 is 55.6. The van der Waals surface area contributed by atoms with Crippen LogP contribution in [-0.4, -0.2) is 16.8 Å². The molecule has 4 rings (SSSR count). The monoisotopic (exact) mass is 398 g/mol. The third-order valence-electron chi connectivity index (χ3n) is 4.22. The lowest BCUT2D eigenvalue weighted by Gasteiger charge is -2.07. The lowest BCUT2D eigenvalue weighted by molar-refractivity contribution is 0.462. The Morgan fingerprint density at radius 2 is 0.889 bits per heavy atom. The van der Waals surface area contributed by atoms with Crippen molar-refractivity contribution in [2.45, 2.75) is 9.79 Å². The van der Waals surface area contributed by atoms with Gasteiger partial charge in [-0.2, -0.15) is 16.8 Å². The molecule has 0 unspecified atom stereocenters. The van der Waals surface area contributed by atoms with Gasteiger partial charge in [-0.15, -0.1) is 3.63 Å². The maximum Gasteiger partial charge on any atom is 0.312 e. The predicted octanol–water partition coefficient (Wildman–Crippen LogP) is 3.99. The molecule has 4 aliphatic carbocycles. The number of hydrogen-bond donors (Lipinski definition) is 0. The third-order valence-corrected chi connectivity index (χ3v) is 7.44. The lowest BCUT2D eigenvalue weighted by Crippen LogP contribution is -2.14. The molecule has 0 aliphatic heterocycles. The molecule has 7 heteroatoms. The Hall–Kier alpha value is -2.74. The zero-order chi connectivity index (χ0) is 19.1. The summed E-state index contributed by atoms with van der Waals surface area (Å²) in [5.74, 6) is 0. The van der Waals surface area contributed by atoms with E-state index in [9.17, 15) is 16.8 Å². The van der Waals surface area contributed by atoms with Crippen LogP contribution in [0.2, 0.25) is 0 Å². The molecular formula is C20H14O5S2. The van der Waals surface area contributed by atoms with Crippen LogP contribution in [-0.2, 0) is 23.9 Å². The van der Waals surface area contributed by atoms with Crippen LogP contribution in [0.4, 0.5) is 0 Å². The fraction of sp³-hybridized carbons (Fsp3) is 0. The molecule has 0 aromatic heterocycles. The van der Waals surface area contributed by atoms with E-state index in [0.29, 0.717) is 22.3 Å². The summed E-state index contributed by atoms with van der Waals surface area (Å²) in [5, 5.41) is 0. The van der Waals surface area contributed by atoms with Crippen molar-refractivity contribution in [1.82, 2.24) is 0 Å². The van der Waals surface area contributed by atoms with Gasteiger partial charge in [0.2, 0.25) is 0 Å². The second-order valence-corrected chi connectivity index (χ2v) is 9.17. The molecule has 0 N–H and O–H groups in total. The zero-order valence-corrected chi connectivity index (χ0v) is 15.6. The first-order chi connectivity index (χ1) is 12.9. The minimum Gasteiger partial charge on any atom is -0.193 e. The van der Waals surface area contributed by atoms with Crippen LogP contribution in [0.15, 0.2) is 94.7 Å². The van der Waals surface area contributed by atoms with Crippen molar-refractivity contribution in [2.24, 2.45) is 0 Å². The maximum absolute atomic E-state index is 12.7. The van der Waals surface area contributed by atoms with Gasteiger partial charge in [-0.1, -0.05) is 72.8 Å². The van der Waals surface area contributed by atoms with Gasteiger partial charge in [-0.05, 0) is 23.3 Å². The van der Waals surface area contributed by atoms with Gasteiger partial charge in [0.1, 0.15) is 9.79 Å². The van der Waals surface area contributed by atoms with E-state index in [1.54, 1.807) is 72.8 Å². The van der Waals surface area contributed by atoms with E-state index in [-0.39, 0.29) is 9.79 Å². The summed E-state index contributed by atoms with van der Waals surface area (Å²) in [4.78, 5) is -0.364. The van der Waals surface area contributed by atoms with Crippen molar-refractivity contribution in [3.05, 3.63) is 84.9 Å². The molecule has 0 aromatic rings. The van der Waals surface area contributed by atoms with Crippen molar-refractivity contribution in [2.75, 3.05) is 0 Å². The Bertz CT molecular complexity index is 1180. The highest BCUT2D eigenvalue weighted by molar-refractivity contribution is 8.00. The Morgan fingerprint density at radius 1 is 0.481 bits per heavy atom. The molecule has 0 amide bonds. The summed E-state index contributed by atoms with van der Waals surface area (Å²) in [6.07, 6.45) is 0. The van der Waals surface area contributed by atoms with Gasteiger partial charge in [-0.25, -0.2) is 0 Å². The Labute approximate surface area is 157 Å². The van der Waals surface area contributed by atoms with Gasteiger partial charge in [0, 0.05) is 11.1 Å². The fourth-order valence-electron chi connectivity index (χ4n) is 3.00. The smallest absolute Gasteiger partial charge is 0.193 e. The molecule has 0 spiro atoms. The van der Waals surface area contributed by atoms with E-state index in [1.165, 1.54) is 12.1 Å². The minimum absolute atomic E-state index is 0.182. The van der Waals surface area contributed by atoms with Gasteiger partial charge in [0.15, 0.2) is 0 Å². The van der Waals surface area contributed by atoms with Gasteiger partial charge < -0.3 is 0 Å². The first-order valence-electron chi connectivity index (χ1n) is 8.05. The quantitative estimate of drug-likeness (QED) is 0.519. The summed E-state index contributed by atoms with van der Waals surface area (Å²) in [5.41, 5.74) is 2.14. The van der Waals surface area contributed by atoms with Crippen LogP contribution >= 0.6 is 0 Å². The largest absolute Gasteiger partial charge is 0.312 e. The van der Waals surface area contributed by atoms with E-state index in [2.05, 4.69) is 0 Å². The Balaban J connectivity index is 1.77. The summed E-state index contributed by atoms with van der Waals surface area (Å²) in [6, 6.07) is 23.0. The molecule has 0 atom stereocenters. The first kappa shape index (κ1) is 17.7. The van der Waals surface area contributed by atoms with Crippen LogP contribution in [0.25, 0.3) is 22.3 Å². The van der Waals surface area contributed by atoms with Crippen LogP contribution in [0, 0.1) is 0 Å². The third kappa shape index (κ3) is 3.21. The number of fused-ring (bicyclic) bond motifs is 2. The molecule has 0 fully saturated rings. The van der Waals surface area contributed by atoms with Crippen LogP contribution in [0.3, 0.4) is 0 Å². The number of hydrogen-bond acceptors (Lipinski definition) is 5. The normalized spacial score (nSPS) is 12.4.